The zero-order chi connectivity index (χ0) is 18.8. The van der Waals surface area contributed by atoms with Crippen LogP contribution in [0.3, 0.4) is 0 Å². The Hall–Kier alpha value is -3.06. The number of rotatable bonds is 5. The number of aromatic nitrogens is 1. The number of hydrogen-bond acceptors (Lipinski definition) is 5. The van der Waals surface area contributed by atoms with Crippen molar-refractivity contribution in [2.75, 3.05) is 11.9 Å². The van der Waals surface area contributed by atoms with Crippen LogP contribution in [-0.4, -0.2) is 34.2 Å². The minimum atomic E-state index is -0.232. The molecule has 2 heterocycles. The summed E-state index contributed by atoms with van der Waals surface area (Å²) in [5.74, 6) is -0.639. The van der Waals surface area contributed by atoms with E-state index in [1.807, 2.05) is 42.5 Å². The molecule has 3 aromatic rings. The maximum absolute atomic E-state index is 12.2. The summed E-state index contributed by atoms with van der Waals surface area (Å²) in [4.78, 5) is 41.2. The Bertz CT molecular complexity index is 995. The second kappa shape index (κ2) is 7.28. The molecular weight excluding hydrogens is 362 g/mol. The molecule has 0 aliphatic carbocycles. The highest BCUT2D eigenvalue weighted by molar-refractivity contribution is 7.21. The van der Waals surface area contributed by atoms with Crippen LogP contribution in [0.4, 0.5) is 5.69 Å². The molecule has 1 saturated heterocycles. The fraction of sp³-hybridized carbons (Fsp3) is 0.200. The zero-order valence-electron chi connectivity index (χ0n) is 14.5. The van der Waals surface area contributed by atoms with Crippen LogP contribution >= 0.6 is 11.3 Å². The SMILES string of the molecule is O=C(CCN1C(=O)CCC1=O)Nc1cccc(-c2nc3ccccc3s2)c1. The second-order valence-electron chi connectivity index (χ2n) is 6.30. The van der Waals surface area contributed by atoms with Gasteiger partial charge in [0.05, 0.1) is 10.2 Å². The molecule has 2 aromatic carbocycles. The van der Waals surface area contributed by atoms with Crippen LogP contribution in [0, 0.1) is 0 Å². The molecule has 3 amide bonds. The molecular formula is C20H17N3O3S. The van der Waals surface area contributed by atoms with Crippen LogP contribution in [0.25, 0.3) is 20.8 Å². The van der Waals surface area contributed by atoms with Gasteiger partial charge in [0.15, 0.2) is 0 Å². The smallest absolute Gasteiger partial charge is 0.229 e. The molecule has 27 heavy (non-hydrogen) atoms. The molecule has 1 aliphatic rings. The summed E-state index contributed by atoms with van der Waals surface area (Å²) in [6.45, 7) is 0.126. The van der Waals surface area contributed by atoms with Crippen molar-refractivity contribution >= 4 is 45.0 Å². The average molecular weight is 379 g/mol. The summed E-state index contributed by atoms with van der Waals surface area (Å²) in [6, 6.07) is 15.4. The number of nitrogens with zero attached hydrogens (tertiary/aromatic N) is 2. The Balaban J connectivity index is 1.43. The van der Waals surface area contributed by atoms with Crippen molar-refractivity contribution in [1.82, 2.24) is 9.88 Å². The number of fused-ring (bicyclic) bond motifs is 1. The van der Waals surface area contributed by atoms with Crippen molar-refractivity contribution in [3.05, 3.63) is 48.5 Å². The predicted octanol–water partition coefficient (Wildman–Crippen LogP) is 3.44. The van der Waals surface area contributed by atoms with Crippen molar-refractivity contribution in [2.45, 2.75) is 19.3 Å². The lowest BCUT2D eigenvalue weighted by atomic mass is 10.2. The third-order valence-electron chi connectivity index (χ3n) is 4.40. The molecule has 0 radical (unpaired) electrons. The molecule has 7 heteroatoms. The topological polar surface area (TPSA) is 79.4 Å². The third-order valence-corrected chi connectivity index (χ3v) is 5.49. The van der Waals surface area contributed by atoms with Gasteiger partial charge in [-0.15, -0.1) is 11.3 Å². The van der Waals surface area contributed by atoms with Gasteiger partial charge in [0.25, 0.3) is 0 Å². The van der Waals surface area contributed by atoms with Gasteiger partial charge in [-0.25, -0.2) is 4.98 Å². The number of carbonyl (C=O) groups is 3. The normalized spacial score (nSPS) is 14.1. The standard InChI is InChI=1S/C20H17N3O3S/c24-17(10-11-23-18(25)8-9-19(23)26)21-14-5-3-4-13(12-14)20-22-15-6-1-2-7-16(15)27-20/h1-7,12H,8-11H2,(H,21,24). The van der Waals surface area contributed by atoms with Crippen LogP contribution in [-0.2, 0) is 14.4 Å². The minimum Gasteiger partial charge on any atom is -0.326 e. The fourth-order valence-corrected chi connectivity index (χ4v) is 4.00. The highest BCUT2D eigenvalue weighted by atomic mass is 32.1. The predicted molar refractivity (Wildman–Crippen MR) is 104 cm³/mol. The molecule has 1 aliphatic heterocycles. The second-order valence-corrected chi connectivity index (χ2v) is 7.34. The highest BCUT2D eigenvalue weighted by Gasteiger charge is 2.28. The number of amides is 3. The number of nitrogens with one attached hydrogen (secondary N) is 1. The first kappa shape index (κ1) is 17.4. The number of thiazole rings is 1. The summed E-state index contributed by atoms with van der Waals surface area (Å²) in [6.07, 6.45) is 0.568. The van der Waals surface area contributed by atoms with Gasteiger partial charge in [-0.2, -0.15) is 0 Å². The van der Waals surface area contributed by atoms with Crippen LogP contribution in [0.2, 0.25) is 0 Å². The number of likely N-dealkylation sites (tertiary alicyclic amines) is 1. The van der Waals surface area contributed by atoms with E-state index in [-0.39, 0.29) is 43.5 Å². The van der Waals surface area contributed by atoms with Crippen LogP contribution < -0.4 is 5.32 Å². The zero-order valence-corrected chi connectivity index (χ0v) is 15.3. The number of anilines is 1. The van der Waals surface area contributed by atoms with Crippen molar-refractivity contribution < 1.29 is 14.4 Å². The van der Waals surface area contributed by atoms with Gasteiger partial charge in [-0.3, -0.25) is 19.3 Å². The molecule has 0 bridgehead atoms. The van der Waals surface area contributed by atoms with Crippen molar-refractivity contribution in [3.8, 4) is 10.6 Å². The maximum Gasteiger partial charge on any atom is 0.229 e. The molecule has 1 fully saturated rings. The van der Waals surface area contributed by atoms with Crippen LogP contribution in [0.15, 0.2) is 48.5 Å². The van der Waals surface area contributed by atoms with Crippen molar-refractivity contribution in [3.63, 3.8) is 0 Å². The number of carbonyl (C=O) groups excluding carboxylic acids is 3. The van der Waals surface area contributed by atoms with Gasteiger partial charge in [-0.05, 0) is 24.3 Å². The Kier molecular flexibility index (Phi) is 4.68. The Morgan fingerprint density at radius 3 is 2.63 bits per heavy atom. The molecule has 0 spiro atoms. The summed E-state index contributed by atoms with van der Waals surface area (Å²) in [5.41, 5.74) is 2.54. The maximum atomic E-state index is 12.2. The lowest BCUT2D eigenvalue weighted by molar-refractivity contribution is -0.138. The van der Waals surface area contributed by atoms with E-state index in [0.717, 1.165) is 25.7 Å². The Labute approximate surface area is 159 Å². The van der Waals surface area contributed by atoms with E-state index >= 15 is 0 Å². The van der Waals surface area contributed by atoms with E-state index < -0.39 is 0 Å². The van der Waals surface area contributed by atoms with E-state index in [1.54, 1.807) is 17.4 Å². The van der Waals surface area contributed by atoms with E-state index in [1.165, 1.54) is 0 Å². The van der Waals surface area contributed by atoms with E-state index in [4.69, 9.17) is 0 Å². The summed E-state index contributed by atoms with van der Waals surface area (Å²) in [5, 5.41) is 3.72. The molecule has 6 nitrogen and oxygen atoms in total. The Morgan fingerprint density at radius 1 is 1.07 bits per heavy atom. The largest absolute Gasteiger partial charge is 0.326 e. The number of imide groups is 1. The first-order chi connectivity index (χ1) is 13.1. The van der Waals surface area contributed by atoms with E-state index in [0.29, 0.717) is 5.69 Å². The van der Waals surface area contributed by atoms with Gasteiger partial charge in [0.1, 0.15) is 5.01 Å². The fourth-order valence-electron chi connectivity index (χ4n) is 3.03. The number of para-hydroxylation sites is 1. The summed E-state index contributed by atoms with van der Waals surface area (Å²) >= 11 is 1.60. The average Bonchev–Trinajstić information content (AvgIpc) is 3.24. The molecule has 1 N–H and O–H groups in total. The number of hydrogen-bond donors (Lipinski definition) is 1. The monoisotopic (exact) mass is 379 g/mol. The van der Waals surface area contributed by atoms with Crippen molar-refractivity contribution in [2.24, 2.45) is 0 Å². The van der Waals surface area contributed by atoms with Gasteiger partial charge in [0, 0.05) is 37.1 Å². The first-order valence-corrected chi connectivity index (χ1v) is 9.51. The minimum absolute atomic E-state index is 0.0862. The Morgan fingerprint density at radius 2 is 1.85 bits per heavy atom. The lowest BCUT2D eigenvalue weighted by Crippen LogP contribution is -2.32. The van der Waals surface area contributed by atoms with Gasteiger partial charge < -0.3 is 5.32 Å². The first-order valence-electron chi connectivity index (χ1n) is 8.69. The van der Waals surface area contributed by atoms with Gasteiger partial charge in [0.2, 0.25) is 17.7 Å². The molecule has 0 atom stereocenters. The molecule has 4 rings (SSSR count). The quantitative estimate of drug-likeness (QED) is 0.689. The number of benzene rings is 2. The summed E-state index contributed by atoms with van der Waals surface area (Å²) in [7, 11) is 0. The highest BCUT2D eigenvalue weighted by Crippen LogP contribution is 2.31. The van der Waals surface area contributed by atoms with Crippen molar-refractivity contribution in [1.29, 1.82) is 0 Å². The molecule has 1 aromatic heterocycles. The van der Waals surface area contributed by atoms with Gasteiger partial charge >= 0.3 is 0 Å². The third kappa shape index (κ3) is 3.73. The van der Waals surface area contributed by atoms with Crippen LogP contribution in [0.5, 0.6) is 0 Å². The van der Waals surface area contributed by atoms with Crippen LogP contribution in [0.1, 0.15) is 19.3 Å². The molecule has 0 saturated carbocycles. The van der Waals surface area contributed by atoms with E-state index in [2.05, 4.69) is 10.3 Å². The van der Waals surface area contributed by atoms with Gasteiger partial charge in [-0.1, -0.05) is 24.3 Å². The molecule has 0 unspecified atom stereocenters. The lowest BCUT2D eigenvalue weighted by Gasteiger charge is -2.13. The summed E-state index contributed by atoms with van der Waals surface area (Å²) < 4.78 is 1.11. The molecule has 136 valence electrons. The van der Waals surface area contributed by atoms with E-state index in [9.17, 15) is 14.4 Å².